The fourth-order valence-electron chi connectivity index (χ4n) is 1.73. The highest BCUT2D eigenvalue weighted by atomic mass is 15.0. The second-order valence-corrected chi connectivity index (χ2v) is 4.47. The van der Waals surface area contributed by atoms with Gasteiger partial charge in [-0.05, 0) is 19.4 Å². The fraction of sp³-hybridized carbons (Fsp3) is 1.00. The molecule has 0 aliphatic heterocycles. The lowest BCUT2D eigenvalue weighted by atomic mass is 10.1. The van der Waals surface area contributed by atoms with Crippen molar-refractivity contribution >= 4 is 0 Å². The van der Waals surface area contributed by atoms with Gasteiger partial charge in [0.2, 0.25) is 0 Å². The molecule has 0 aliphatic carbocycles. The summed E-state index contributed by atoms with van der Waals surface area (Å²) < 4.78 is 0. The molecule has 3 N–H and O–H groups in total. The Kier molecular flexibility index (Phi) is 11.9. The molecule has 0 aromatic rings. The van der Waals surface area contributed by atoms with Crippen molar-refractivity contribution in [2.75, 3.05) is 6.54 Å². The van der Waals surface area contributed by atoms with Gasteiger partial charge < -0.3 is 11.1 Å². The van der Waals surface area contributed by atoms with Crippen molar-refractivity contribution in [3.05, 3.63) is 0 Å². The molecular weight excluding hydrogens is 184 g/mol. The molecule has 1 atom stereocenters. The van der Waals surface area contributed by atoms with E-state index in [1.54, 1.807) is 0 Å². The van der Waals surface area contributed by atoms with E-state index in [0.717, 1.165) is 13.0 Å². The maximum absolute atomic E-state index is 5.96. The molecule has 0 spiro atoms. The van der Waals surface area contributed by atoms with Crippen LogP contribution in [0.5, 0.6) is 0 Å². The lowest BCUT2D eigenvalue weighted by molar-refractivity contribution is 0.456. The minimum Gasteiger partial charge on any atom is -0.316 e. The van der Waals surface area contributed by atoms with Gasteiger partial charge in [-0.2, -0.15) is 0 Å². The quantitative estimate of drug-likeness (QED) is 0.408. The molecule has 0 heterocycles. The van der Waals surface area contributed by atoms with Gasteiger partial charge in [0.05, 0.1) is 6.17 Å². The molecule has 15 heavy (non-hydrogen) atoms. The van der Waals surface area contributed by atoms with Crippen LogP contribution in [0.25, 0.3) is 0 Å². The number of nitrogens with two attached hydrogens (primary N) is 1. The molecule has 1 unspecified atom stereocenters. The number of unbranched alkanes of at least 4 members (excludes halogenated alkanes) is 6. The summed E-state index contributed by atoms with van der Waals surface area (Å²) in [7, 11) is 0. The molecule has 0 bridgehead atoms. The summed E-state index contributed by atoms with van der Waals surface area (Å²) in [6.45, 7) is 5.58. The summed E-state index contributed by atoms with van der Waals surface area (Å²) in [5.41, 5.74) is 5.96. The van der Waals surface area contributed by atoms with Gasteiger partial charge in [0.25, 0.3) is 0 Å². The lowest BCUT2D eigenvalue weighted by Crippen LogP contribution is -2.37. The Bertz CT molecular complexity index is 115. The minimum atomic E-state index is 0.225. The Morgan fingerprint density at radius 2 is 1.47 bits per heavy atom. The first-order valence-corrected chi connectivity index (χ1v) is 6.80. The van der Waals surface area contributed by atoms with Crippen molar-refractivity contribution < 1.29 is 0 Å². The summed E-state index contributed by atoms with van der Waals surface area (Å²) in [6.07, 6.45) is 11.9. The topological polar surface area (TPSA) is 38.0 Å². The van der Waals surface area contributed by atoms with Crippen LogP contribution in [-0.2, 0) is 0 Å². The molecule has 0 fully saturated rings. The van der Waals surface area contributed by atoms with E-state index < -0.39 is 0 Å². The Labute approximate surface area is 96.0 Å². The van der Waals surface area contributed by atoms with E-state index in [1.807, 2.05) is 0 Å². The van der Waals surface area contributed by atoms with Gasteiger partial charge in [0, 0.05) is 0 Å². The molecule has 0 radical (unpaired) electrons. The second kappa shape index (κ2) is 12.0. The Hall–Kier alpha value is -0.0800. The predicted octanol–water partition coefficient (Wildman–Crippen LogP) is 3.41. The zero-order valence-corrected chi connectivity index (χ0v) is 10.7. The first kappa shape index (κ1) is 14.9. The zero-order valence-electron chi connectivity index (χ0n) is 10.7. The van der Waals surface area contributed by atoms with E-state index in [1.165, 1.54) is 51.4 Å². The van der Waals surface area contributed by atoms with Crippen LogP contribution in [0.4, 0.5) is 0 Å². The number of hydrogen-bond donors (Lipinski definition) is 2. The van der Waals surface area contributed by atoms with Crippen LogP contribution in [-0.4, -0.2) is 12.7 Å². The maximum Gasteiger partial charge on any atom is 0.0546 e. The number of rotatable bonds is 11. The van der Waals surface area contributed by atoms with Crippen LogP contribution >= 0.6 is 0 Å². The molecule has 2 heteroatoms. The van der Waals surface area contributed by atoms with E-state index in [2.05, 4.69) is 19.2 Å². The summed E-state index contributed by atoms with van der Waals surface area (Å²) in [4.78, 5) is 0. The molecular formula is C13H30N2. The largest absolute Gasteiger partial charge is 0.316 e. The summed E-state index contributed by atoms with van der Waals surface area (Å²) >= 11 is 0. The van der Waals surface area contributed by atoms with Gasteiger partial charge in [-0.15, -0.1) is 0 Å². The van der Waals surface area contributed by atoms with Crippen LogP contribution in [0.3, 0.4) is 0 Å². The zero-order chi connectivity index (χ0) is 11.4. The number of nitrogens with one attached hydrogen (secondary N) is 1. The van der Waals surface area contributed by atoms with Gasteiger partial charge in [-0.25, -0.2) is 0 Å². The van der Waals surface area contributed by atoms with Gasteiger partial charge in [-0.1, -0.05) is 58.8 Å². The van der Waals surface area contributed by atoms with Gasteiger partial charge in [0.15, 0.2) is 0 Å². The third kappa shape index (κ3) is 11.8. The van der Waals surface area contributed by atoms with Crippen LogP contribution in [0.1, 0.15) is 71.6 Å². The molecule has 0 aliphatic rings. The molecule has 0 rings (SSSR count). The minimum absolute atomic E-state index is 0.225. The van der Waals surface area contributed by atoms with Crippen molar-refractivity contribution in [2.24, 2.45) is 5.73 Å². The molecule has 0 aromatic heterocycles. The van der Waals surface area contributed by atoms with Crippen molar-refractivity contribution in [3.8, 4) is 0 Å². The van der Waals surface area contributed by atoms with Gasteiger partial charge >= 0.3 is 0 Å². The summed E-state index contributed by atoms with van der Waals surface area (Å²) in [5, 5.41) is 3.40. The van der Waals surface area contributed by atoms with Crippen molar-refractivity contribution in [1.82, 2.24) is 5.32 Å². The monoisotopic (exact) mass is 214 g/mol. The average Bonchev–Trinajstić information content (AvgIpc) is 2.24. The van der Waals surface area contributed by atoms with E-state index in [4.69, 9.17) is 5.73 Å². The van der Waals surface area contributed by atoms with Gasteiger partial charge in [-0.3, -0.25) is 0 Å². The second-order valence-electron chi connectivity index (χ2n) is 4.47. The number of hydrogen-bond acceptors (Lipinski definition) is 2. The third-order valence-corrected chi connectivity index (χ3v) is 2.81. The standard InChI is InChI=1S/C13H30N2/c1-3-5-7-9-11-13(14)15-12-10-8-6-4-2/h13,15H,3-12,14H2,1-2H3. The van der Waals surface area contributed by atoms with Crippen LogP contribution in [0.15, 0.2) is 0 Å². The Balaban J connectivity index is 3.08. The van der Waals surface area contributed by atoms with Crippen molar-refractivity contribution in [3.63, 3.8) is 0 Å². The normalized spacial score (nSPS) is 13.0. The van der Waals surface area contributed by atoms with Crippen LogP contribution in [0, 0.1) is 0 Å². The van der Waals surface area contributed by atoms with E-state index in [0.29, 0.717) is 0 Å². The van der Waals surface area contributed by atoms with Gasteiger partial charge in [0.1, 0.15) is 0 Å². The molecule has 0 saturated carbocycles. The highest BCUT2D eigenvalue weighted by Crippen LogP contribution is 2.03. The van der Waals surface area contributed by atoms with E-state index >= 15 is 0 Å². The fourth-order valence-corrected chi connectivity index (χ4v) is 1.73. The highest BCUT2D eigenvalue weighted by molar-refractivity contribution is 4.59. The molecule has 0 aromatic carbocycles. The first-order valence-electron chi connectivity index (χ1n) is 6.80. The molecule has 0 saturated heterocycles. The van der Waals surface area contributed by atoms with Crippen LogP contribution in [0.2, 0.25) is 0 Å². The molecule has 0 amide bonds. The van der Waals surface area contributed by atoms with Crippen molar-refractivity contribution in [1.29, 1.82) is 0 Å². The summed E-state index contributed by atoms with van der Waals surface area (Å²) in [5.74, 6) is 0. The average molecular weight is 214 g/mol. The van der Waals surface area contributed by atoms with Crippen LogP contribution < -0.4 is 11.1 Å². The van der Waals surface area contributed by atoms with E-state index in [-0.39, 0.29) is 6.17 Å². The maximum atomic E-state index is 5.96. The highest BCUT2D eigenvalue weighted by Gasteiger charge is 1.99. The third-order valence-electron chi connectivity index (χ3n) is 2.81. The smallest absolute Gasteiger partial charge is 0.0546 e. The summed E-state index contributed by atoms with van der Waals surface area (Å²) in [6, 6.07) is 0. The predicted molar refractivity (Wildman–Crippen MR) is 68.9 cm³/mol. The Morgan fingerprint density at radius 1 is 0.867 bits per heavy atom. The van der Waals surface area contributed by atoms with E-state index in [9.17, 15) is 0 Å². The Morgan fingerprint density at radius 3 is 2.07 bits per heavy atom. The lowest BCUT2D eigenvalue weighted by Gasteiger charge is -2.13. The molecule has 2 nitrogen and oxygen atoms in total. The van der Waals surface area contributed by atoms with Crippen molar-refractivity contribution in [2.45, 2.75) is 77.8 Å². The first-order chi connectivity index (χ1) is 7.31. The SMILES string of the molecule is CCCCCCNC(N)CCCCCC. The molecule has 92 valence electrons.